The summed E-state index contributed by atoms with van der Waals surface area (Å²) in [4.78, 5) is 17.2. The number of hydrogen-bond donors (Lipinski definition) is 4. The molecule has 6 heteroatoms. The van der Waals surface area contributed by atoms with Crippen molar-refractivity contribution in [3.63, 3.8) is 0 Å². The van der Waals surface area contributed by atoms with Crippen LogP contribution in [0.3, 0.4) is 0 Å². The minimum atomic E-state index is 0.0122. The third kappa shape index (κ3) is 3.15. The number of anilines is 1. The standard InChI is InChI=1S/C22H26N4O2/c1-2-21(28)26-11-13-7-8-15(17(13)12-26)19-10-14(22(24)25-19)9-18(23)16-5-3-4-6-20(16)27/h2-6,9-10,13,15,17,25,27H,1,7-8,11-12,23-24H2/b18-9-/t13-,15?,17+/m0/s1. The third-order valence-electron chi connectivity index (χ3n) is 6.17. The summed E-state index contributed by atoms with van der Waals surface area (Å²) in [6.45, 7) is 5.18. The highest BCUT2D eigenvalue weighted by atomic mass is 16.3. The Morgan fingerprint density at radius 1 is 1.29 bits per heavy atom. The van der Waals surface area contributed by atoms with Gasteiger partial charge in [-0.1, -0.05) is 18.7 Å². The van der Waals surface area contributed by atoms with Crippen molar-refractivity contribution in [3.8, 4) is 5.75 Å². The molecule has 0 bridgehead atoms. The van der Waals surface area contributed by atoms with E-state index in [1.807, 2.05) is 17.0 Å². The lowest BCUT2D eigenvalue weighted by Gasteiger charge is -2.19. The van der Waals surface area contributed by atoms with Gasteiger partial charge >= 0.3 is 0 Å². The van der Waals surface area contributed by atoms with Crippen molar-refractivity contribution in [2.75, 3.05) is 18.8 Å². The van der Waals surface area contributed by atoms with Crippen LogP contribution in [0.1, 0.15) is 35.6 Å². The minimum Gasteiger partial charge on any atom is -0.507 e. The van der Waals surface area contributed by atoms with Crippen molar-refractivity contribution in [1.82, 2.24) is 9.88 Å². The van der Waals surface area contributed by atoms with E-state index in [1.54, 1.807) is 24.3 Å². The van der Waals surface area contributed by atoms with Crippen molar-refractivity contribution < 1.29 is 9.90 Å². The van der Waals surface area contributed by atoms with Gasteiger partial charge in [-0.2, -0.15) is 0 Å². The molecule has 4 rings (SSSR count). The van der Waals surface area contributed by atoms with Crippen molar-refractivity contribution in [1.29, 1.82) is 0 Å². The summed E-state index contributed by atoms with van der Waals surface area (Å²) in [5, 5.41) is 10.00. The molecule has 1 amide bonds. The van der Waals surface area contributed by atoms with Crippen LogP contribution in [-0.4, -0.2) is 34.0 Å². The number of nitrogens with zero attached hydrogens (tertiary/aromatic N) is 1. The second-order valence-corrected chi connectivity index (χ2v) is 7.77. The fraction of sp³-hybridized carbons (Fsp3) is 0.318. The second-order valence-electron chi connectivity index (χ2n) is 7.77. The molecule has 6 N–H and O–H groups in total. The van der Waals surface area contributed by atoms with E-state index in [0.29, 0.717) is 34.8 Å². The van der Waals surface area contributed by atoms with Crippen LogP contribution < -0.4 is 11.5 Å². The van der Waals surface area contributed by atoms with Gasteiger partial charge in [-0.3, -0.25) is 4.79 Å². The number of hydrogen-bond acceptors (Lipinski definition) is 4. The maximum Gasteiger partial charge on any atom is 0.245 e. The van der Waals surface area contributed by atoms with Crippen LogP contribution in [0.2, 0.25) is 0 Å². The van der Waals surface area contributed by atoms with Crippen LogP contribution in [-0.2, 0) is 4.79 Å². The zero-order valence-electron chi connectivity index (χ0n) is 15.8. The summed E-state index contributed by atoms with van der Waals surface area (Å²) in [5.41, 5.74) is 15.4. The molecule has 146 valence electrons. The summed E-state index contributed by atoms with van der Waals surface area (Å²) in [6, 6.07) is 9.02. The number of aromatic amines is 1. The zero-order valence-corrected chi connectivity index (χ0v) is 15.8. The molecule has 0 radical (unpaired) electrons. The first kappa shape index (κ1) is 18.2. The van der Waals surface area contributed by atoms with Gasteiger partial charge in [-0.15, -0.1) is 0 Å². The van der Waals surface area contributed by atoms with Crippen LogP contribution in [0.25, 0.3) is 11.8 Å². The molecule has 2 heterocycles. The number of aromatic nitrogens is 1. The third-order valence-corrected chi connectivity index (χ3v) is 6.17. The number of benzene rings is 1. The second kappa shape index (κ2) is 7.11. The molecule has 6 nitrogen and oxygen atoms in total. The first-order valence-corrected chi connectivity index (χ1v) is 9.63. The Morgan fingerprint density at radius 3 is 2.82 bits per heavy atom. The molecule has 1 aromatic carbocycles. The lowest BCUT2D eigenvalue weighted by atomic mass is 9.90. The topological polar surface area (TPSA) is 108 Å². The highest BCUT2D eigenvalue weighted by Crippen LogP contribution is 2.47. The molecule has 0 spiro atoms. The number of phenols is 1. The Labute approximate surface area is 164 Å². The summed E-state index contributed by atoms with van der Waals surface area (Å²) >= 11 is 0. The van der Waals surface area contributed by atoms with E-state index >= 15 is 0 Å². The smallest absolute Gasteiger partial charge is 0.245 e. The van der Waals surface area contributed by atoms with Crippen LogP contribution in [0.15, 0.2) is 43.0 Å². The van der Waals surface area contributed by atoms with Gasteiger partial charge in [0.15, 0.2) is 0 Å². The highest BCUT2D eigenvalue weighted by Gasteiger charge is 2.44. The monoisotopic (exact) mass is 378 g/mol. The molecular formula is C22H26N4O2. The number of para-hydroxylation sites is 1. The normalized spacial score (nSPS) is 24.4. The molecule has 2 aromatic rings. The molecule has 2 aliphatic rings. The van der Waals surface area contributed by atoms with Crippen LogP contribution >= 0.6 is 0 Å². The lowest BCUT2D eigenvalue weighted by molar-refractivity contribution is -0.125. The fourth-order valence-electron chi connectivity index (χ4n) is 4.75. The van der Waals surface area contributed by atoms with E-state index in [9.17, 15) is 9.90 Å². The van der Waals surface area contributed by atoms with E-state index in [-0.39, 0.29) is 11.7 Å². The minimum absolute atomic E-state index is 0.0122. The predicted molar refractivity (Wildman–Crippen MR) is 111 cm³/mol. The maximum absolute atomic E-state index is 12.0. The number of phenolic OH excluding ortho intramolecular Hbond substituents is 1. The van der Waals surface area contributed by atoms with Crippen molar-refractivity contribution in [2.45, 2.75) is 18.8 Å². The lowest BCUT2D eigenvalue weighted by Crippen LogP contribution is -2.28. The quantitative estimate of drug-likeness (QED) is 0.613. The Kier molecular flexibility index (Phi) is 4.63. The molecule has 3 atom stereocenters. The number of carbonyl (C=O) groups is 1. The largest absolute Gasteiger partial charge is 0.507 e. The Balaban J connectivity index is 1.57. The molecular weight excluding hydrogens is 352 g/mol. The molecule has 1 saturated heterocycles. The number of aromatic hydroxyl groups is 1. The Morgan fingerprint density at radius 2 is 2.07 bits per heavy atom. The molecule has 1 unspecified atom stereocenters. The van der Waals surface area contributed by atoms with Gasteiger partial charge < -0.3 is 26.5 Å². The number of fused-ring (bicyclic) bond motifs is 1. The van der Waals surface area contributed by atoms with Gasteiger partial charge in [-0.05, 0) is 55.0 Å². The molecule has 1 aromatic heterocycles. The zero-order chi connectivity index (χ0) is 19.8. The molecule has 2 fully saturated rings. The van der Waals surface area contributed by atoms with Crippen LogP contribution in [0, 0.1) is 11.8 Å². The first-order valence-electron chi connectivity index (χ1n) is 9.63. The number of carbonyl (C=O) groups excluding carboxylic acids is 1. The highest BCUT2D eigenvalue weighted by molar-refractivity contribution is 5.87. The van der Waals surface area contributed by atoms with Crippen LogP contribution in [0.4, 0.5) is 5.82 Å². The number of nitrogen functional groups attached to an aromatic ring is 1. The van der Waals surface area contributed by atoms with E-state index in [1.165, 1.54) is 6.08 Å². The average molecular weight is 378 g/mol. The maximum atomic E-state index is 12.0. The summed E-state index contributed by atoms with van der Waals surface area (Å²) in [5.74, 6) is 2.04. The van der Waals surface area contributed by atoms with Gasteiger partial charge in [0.05, 0.1) is 0 Å². The van der Waals surface area contributed by atoms with Crippen molar-refractivity contribution >= 4 is 23.5 Å². The van der Waals surface area contributed by atoms with E-state index in [0.717, 1.165) is 37.2 Å². The number of likely N-dealkylation sites (tertiary alicyclic amines) is 1. The van der Waals surface area contributed by atoms with Crippen molar-refractivity contribution in [3.05, 3.63) is 59.8 Å². The van der Waals surface area contributed by atoms with Gasteiger partial charge in [0.2, 0.25) is 5.91 Å². The number of H-pyrrole nitrogens is 1. The van der Waals surface area contributed by atoms with E-state index in [4.69, 9.17) is 11.5 Å². The molecule has 1 aliphatic carbocycles. The number of nitrogens with two attached hydrogens (primary N) is 2. The van der Waals surface area contributed by atoms with Gasteiger partial charge in [-0.25, -0.2) is 0 Å². The Hall–Kier alpha value is -3.15. The first-order chi connectivity index (χ1) is 13.5. The molecule has 1 aliphatic heterocycles. The summed E-state index contributed by atoms with van der Waals surface area (Å²) in [7, 11) is 0. The summed E-state index contributed by atoms with van der Waals surface area (Å²) in [6.07, 6.45) is 5.39. The Bertz CT molecular complexity index is 946. The summed E-state index contributed by atoms with van der Waals surface area (Å²) < 4.78 is 0. The van der Waals surface area contributed by atoms with Gasteiger partial charge in [0.25, 0.3) is 0 Å². The van der Waals surface area contributed by atoms with Gasteiger partial charge in [0.1, 0.15) is 11.6 Å². The number of rotatable bonds is 4. The fourth-order valence-corrected chi connectivity index (χ4v) is 4.75. The van der Waals surface area contributed by atoms with Crippen molar-refractivity contribution in [2.24, 2.45) is 17.6 Å². The van der Waals surface area contributed by atoms with E-state index in [2.05, 4.69) is 11.6 Å². The van der Waals surface area contributed by atoms with E-state index < -0.39 is 0 Å². The number of nitrogens with one attached hydrogen (secondary N) is 1. The van der Waals surface area contributed by atoms with Gasteiger partial charge in [0, 0.05) is 41.5 Å². The predicted octanol–water partition coefficient (Wildman–Crippen LogP) is 2.90. The molecule has 1 saturated carbocycles. The average Bonchev–Trinajstić information content (AvgIpc) is 3.36. The SMILES string of the molecule is C=CC(=O)N1C[C@@H]2CCC(c3cc(/C=C(\N)c4ccccc4O)c(N)[nH]3)[C@@H]2C1. The molecule has 28 heavy (non-hydrogen) atoms. The van der Waals surface area contributed by atoms with Crippen LogP contribution in [0.5, 0.6) is 5.75 Å². The number of amides is 1.